The van der Waals surface area contributed by atoms with Crippen LogP contribution in [0.1, 0.15) is 6.42 Å². The molecule has 1 saturated heterocycles. The van der Waals surface area contributed by atoms with Gasteiger partial charge in [-0.15, -0.1) is 11.8 Å². The molecule has 1 aromatic carbocycles. The van der Waals surface area contributed by atoms with E-state index in [0.717, 1.165) is 23.7 Å². The van der Waals surface area contributed by atoms with Crippen molar-refractivity contribution in [2.75, 3.05) is 32.1 Å². The minimum absolute atomic E-state index is 0.0462. The second-order valence-electron chi connectivity index (χ2n) is 4.66. The van der Waals surface area contributed by atoms with E-state index in [9.17, 15) is 9.18 Å². The Bertz CT molecular complexity index is 441. The van der Waals surface area contributed by atoms with Crippen LogP contribution in [0.4, 0.5) is 4.39 Å². The minimum atomic E-state index is -0.795. The third-order valence-electron chi connectivity index (χ3n) is 3.22. The van der Waals surface area contributed by atoms with E-state index in [1.165, 1.54) is 12.1 Å². The van der Waals surface area contributed by atoms with E-state index in [4.69, 9.17) is 9.84 Å². The van der Waals surface area contributed by atoms with Crippen LogP contribution in [0.5, 0.6) is 0 Å². The van der Waals surface area contributed by atoms with Gasteiger partial charge in [0.05, 0.1) is 19.6 Å². The first-order valence-electron chi connectivity index (χ1n) is 6.57. The van der Waals surface area contributed by atoms with Crippen LogP contribution >= 0.6 is 11.8 Å². The van der Waals surface area contributed by atoms with Crippen molar-refractivity contribution in [3.05, 3.63) is 30.1 Å². The molecule has 0 aliphatic carbocycles. The Hall–Kier alpha value is -1.11. The number of ether oxygens (including phenoxy) is 1. The summed E-state index contributed by atoms with van der Waals surface area (Å²) >= 11 is 1.65. The maximum atomic E-state index is 12.8. The van der Waals surface area contributed by atoms with Crippen LogP contribution in [0.3, 0.4) is 0 Å². The van der Waals surface area contributed by atoms with Crippen molar-refractivity contribution in [2.24, 2.45) is 0 Å². The topological polar surface area (TPSA) is 49.8 Å². The lowest BCUT2D eigenvalue weighted by Crippen LogP contribution is -2.47. The van der Waals surface area contributed by atoms with Crippen molar-refractivity contribution >= 4 is 17.7 Å². The van der Waals surface area contributed by atoms with Crippen molar-refractivity contribution in [1.82, 2.24) is 4.90 Å². The number of nitrogens with zero attached hydrogens (tertiary/aromatic N) is 1. The molecule has 1 unspecified atom stereocenters. The third kappa shape index (κ3) is 4.77. The molecule has 0 bridgehead atoms. The Morgan fingerprint density at radius 1 is 1.45 bits per heavy atom. The summed E-state index contributed by atoms with van der Waals surface area (Å²) < 4.78 is 18.1. The minimum Gasteiger partial charge on any atom is -0.481 e. The summed E-state index contributed by atoms with van der Waals surface area (Å²) in [4.78, 5) is 14.0. The van der Waals surface area contributed by atoms with Crippen LogP contribution in [0.2, 0.25) is 0 Å². The number of carboxylic acid groups (broad SMARTS) is 1. The van der Waals surface area contributed by atoms with Gasteiger partial charge in [0.15, 0.2) is 0 Å². The van der Waals surface area contributed by atoms with Gasteiger partial charge in [-0.3, -0.25) is 9.69 Å². The first-order valence-corrected chi connectivity index (χ1v) is 7.55. The Kier molecular flexibility index (Phi) is 5.82. The normalized spacial score (nSPS) is 19.9. The predicted molar refractivity (Wildman–Crippen MR) is 75.6 cm³/mol. The van der Waals surface area contributed by atoms with Gasteiger partial charge >= 0.3 is 5.97 Å². The summed E-state index contributed by atoms with van der Waals surface area (Å²) in [6.45, 7) is 2.70. The Balaban J connectivity index is 1.79. The molecule has 1 aromatic rings. The van der Waals surface area contributed by atoms with E-state index in [-0.39, 0.29) is 18.3 Å². The Morgan fingerprint density at radius 3 is 2.90 bits per heavy atom. The molecule has 4 nitrogen and oxygen atoms in total. The lowest BCUT2D eigenvalue weighted by atomic mass is 10.1. The van der Waals surface area contributed by atoms with E-state index in [2.05, 4.69) is 4.90 Å². The second-order valence-corrected chi connectivity index (χ2v) is 5.83. The molecule has 1 aliphatic heterocycles. The number of benzene rings is 1. The fourth-order valence-electron chi connectivity index (χ4n) is 2.18. The second kappa shape index (κ2) is 7.61. The van der Waals surface area contributed by atoms with E-state index in [1.807, 2.05) is 0 Å². The van der Waals surface area contributed by atoms with Crippen molar-refractivity contribution in [3.63, 3.8) is 0 Å². The highest BCUT2D eigenvalue weighted by atomic mass is 32.2. The van der Waals surface area contributed by atoms with Gasteiger partial charge in [-0.25, -0.2) is 4.39 Å². The number of hydrogen-bond acceptors (Lipinski definition) is 4. The van der Waals surface area contributed by atoms with Crippen molar-refractivity contribution in [3.8, 4) is 0 Å². The average Bonchev–Trinajstić information content (AvgIpc) is 2.42. The molecule has 6 heteroatoms. The SMILES string of the molecule is O=C(O)CC1COCCN1CCSc1ccc(F)cc1. The Morgan fingerprint density at radius 2 is 2.20 bits per heavy atom. The maximum Gasteiger partial charge on any atom is 0.305 e. The monoisotopic (exact) mass is 299 g/mol. The Labute approximate surface area is 121 Å². The lowest BCUT2D eigenvalue weighted by Gasteiger charge is -2.34. The highest BCUT2D eigenvalue weighted by Crippen LogP contribution is 2.19. The molecule has 0 spiro atoms. The summed E-state index contributed by atoms with van der Waals surface area (Å²) in [7, 11) is 0. The standard InChI is InChI=1S/C14H18FNO3S/c15-11-1-3-13(4-2-11)20-8-6-16-5-7-19-10-12(16)9-14(17)18/h1-4,12H,5-10H2,(H,17,18). The molecular weight excluding hydrogens is 281 g/mol. The van der Waals surface area contributed by atoms with Crippen LogP contribution < -0.4 is 0 Å². The largest absolute Gasteiger partial charge is 0.481 e. The molecule has 1 atom stereocenters. The highest BCUT2D eigenvalue weighted by Gasteiger charge is 2.24. The molecule has 1 fully saturated rings. The number of hydrogen-bond donors (Lipinski definition) is 1. The van der Waals surface area contributed by atoms with Gasteiger partial charge in [-0.2, -0.15) is 0 Å². The number of aliphatic carboxylic acids is 1. The molecule has 0 amide bonds. The highest BCUT2D eigenvalue weighted by molar-refractivity contribution is 7.99. The van der Waals surface area contributed by atoms with Gasteiger partial charge in [0.2, 0.25) is 0 Å². The fraction of sp³-hybridized carbons (Fsp3) is 0.500. The zero-order valence-corrected chi connectivity index (χ0v) is 11.9. The number of thioether (sulfide) groups is 1. The first-order chi connectivity index (χ1) is 9.65. The summed E-state index contributed by atoms with van der Waals surface area (Å²) in [5.41, 5.74) is 0. The molecule has 110 valence electrons. The molecule has 1 aliphatic rings. The van der Waals surface area contributed by atoms with Gasteiger partial charge in [0, 0.05) is 29.8 Å². The van der Waals surface area contributed by atoms with Crippen molar-refractivity contribution in [2.45, 2.75) is 17.4 Å². The molecule has 2 rings (SSSR count). The van der Waals surface area contributed by atoms with E-state index in [0.29, 0.717) is 13.2 Å². The zero-order valence-electron chi connectivity index (χ0n) is 11.1. The quantitative estimate of drug-likeness (QED) is 0.815. The molecule has 0 aromatic heterocycles. The molecule has 20 heavy (non-hydrogen) atoms. The average molecular weight is 299 g/mol. The van der Waals surface area contributed by atoms with E-state index < -0.39 is 5.97 Å². The van der Waals surface area contributed by atoms with Gasteiger partial charge in [0.1, 0.15) is 5.82 Å². The van der Waals surface area contributed by atoms with Crippen molar-refractivity contribution in [1.29, 1.82) is 0 Å². The molecule has 1 heterocycles. The first kappa shape index (κ1) is 15.3. The molecule has 0 radical (unpaired) electrons. The third-order valence-corrected chi connectivity index (χ3v) is 4.21. The summed E-state index contributed by atoms with van der Waals surface area (Å²) in [5.74, 6) is -0.178. The van der Waals surface area contributed by atoms with Crippen LogP contribution in [0.25, 0.3) is 0 Å². The smallest absolute Gasteiger partial charge is 0.305 e. The maximum absolute atomic E-state index is 12.8. The number of rotatable bonds is 6. The van der Waals surface area contributed by atoms with Crippen LogP contribution in [-0.4, -0.2) is 54.1 Å². The van der Waals surface area contributed by atoms with Crippen LogP contribution in [-0.2, 0) is 9.53 Å². The summed E-state index contributed by atoms with van der Waals surface area (Å²) in [6, 6.07) is 6.37. The molecule has 0 saturated carbocycles. The molecular formula is C14H18FNO3S. The fourth-order valence-corrected chi connectivity index (χ4v) is 3.07. The van der Waals surface area contributed by atoms with Crippen molar-refractivity contribution < 1.29 is 19.0 Å². The molecule has 1 N–H and O–H groups in total. The number of morpholine rings is 1. The van der Waals surface area contributed by atoms with Gasteiger partial charge < -0.3 is 9.84 Å². The van der Waals surface area contributed by atoms with Gasteiger partial charge in [-0.1, -0.05) is 0 Å². The van der Waals surface area contributed by atoms with Crippen LogP contribution in [0, 0.1) is 5.82 Å². The summed E-state index contributed by atoms with van der Waals surface area (Å²) in [6.07, 6.45) is 0.112. The number of carboxylic acids is 1. The zero-order chi connectivity index (χ0) is 14.4. The summed E-state index contributed by atoms with van der Waals surface area (Å²) in [5, 5.41) is 8.89. The van der Waals surface area contributed by atoms with Crippen LogP contribution in [0.15, 0.2) is 29.2 Å². The van der Waals surface area contributed by atoms with Gasteiger partial charge in [0.25, 0.3) is 0 Å². The van der Waals surface area contributed by atoms with E-state index in [1.54, 1.807) is 23.9 Å². The number of carbonyl (C=O) groups is 1. The lowest BCUT2D eigenvalue weighted by molar-refractivity contribution is -0.140. The van der Waals surface area contributed by atoms with Gasteiger partial charge in [-0.05, 0) is 24.3 Å². The number of halogens is 1. The predicted octanol–water partition coefficient (Wildman–Crippen LogP) is 2.09. The van der Waals surface area contributed by atoms with E-state index >= 15 is 0 Å².